The lowest BCUT2D eigenvalue weighted by molar-refractivity contribution is -0.132. The number of rotatable bonds is 4. The third-order valence-corrected chi connectivity index (χ3v) is 5.31. The summed E-state index contributed by atoms with van der Waals surface area (Å²) in [5.41, 5.74) is 4.48. The number of hydrogen-bond acceptors (Lipinski definition) is 3. The smallest absolute Gasteiger partial charge is 0.224 e. The molecule has 0 N–H and O–H groups in total. The number of benzene rings is 1. The molecular formula is C20H27ClN4O. The third kappa shape index (κ3) is 4.04. The van der Waals surface area contributed by atoms with Crippen LogP contribution in [0.1, 0.15) is 36.3 Å². The number of piperazine rings is 1. The number of amides is 1. The molecule has 0 saturated carbocycles. The fraction of sp³-hybridized carbons (Fsp3) is 0.500. The van der Waals surface area contributed by atoms with Gasteiger partial charge in [0.25, 0.3) is 0 Å². The van der Waals surface area contributed by atoms with Crippen LogP contribution in [0.2, 0.25) is 5.02 Å². The molecule has 1 atom stereocenters. The standard InChI is InChI=1S/C20H27ClN4O/c1-14-5-6-18(21)13-19(14)23-7-9-24(10-8-23)20(26)12-17(4)25-16(3)11-15(2)22-25/h5-6,11,13,17H,7-10,12H2,1-4H3. The Morgan fingerprint density at radius 1 is 1.15 bits per heavy atom. The van der Waals surface area contributed by atoms with Crippen molar-refractivity contribution in [1.82, 2.24) is 14.7 Å². The van der Waals surface area contributed by atoms with Crippen molar-refractivity contribution >= 4 is 23.2 Å². The quantitative estimate of drug-likeness (QED) is 0.818. The first-order valence-electron chi connectivity index (χ1n) is 9.17. The molecule has 1 saturated heterocycles. The molecule has 0 aliphatic carbocycles. The van der Waals surface area contributed by atoms with Crippen LogP contribution in [0.3, 0.4) is 0 Å². The normalized spacial score (nSPS) is 16.0. The number of carbonyl (C=O) groups excluding carboxylic acids is 1. The highest BCUT2D eigenvalue weighted by molar-refractivity contribution is 6.30. The Morgan fingerprint density at radius 3 is 2.46 bits per heavy atom. The molecule has 2 aromatic rings. The van der Waals surface area contributed by atoms with Gasteiger partial charge in [-0.15, -0.1) is 0 Å². The molecule has 1 aliphatic heterocycles. The third-order valence-electron chi connectivity index (χ3n) is 5.08. The van der Waals surface area contributed by atoms with Gasteiger partial charge in [0.1, 0.15) is 0 Å². The number of anilines is 1. The largest absolute Gasteiger partial charge is 0.368 e. The zero-order valence-corrected chi connectivity index (χ0v) is 16.8. The monoisotopic (exact) mass is 374 g/mol. The minimum atomic E-state index is 0.0735. The van der Waals surface area contributed by atoms with Gasteiger partial charge in [0, 0.05) is 49.0 Å². The molecule has 1 aromatic carbocycles. The molecule has 1 unspecified atom stereocenters. The van der Waals surface area contributed by atoms with Crippen molar-refractivity contribution in [2.24, 2.45) is 0 Å². The summed E-state index contributed by atoms with van der Waals surface area (Å²) in [6, 6.07) is 8.10. The van der Waals surface area contributed by atoms with E-state index in [0.717, 1.165) is 42.6 Å². The van der Waals surface area contributed by atoms with Gasteiger partial charge >= 0.3 is 0 Å². The van der Waals surface area contributed by atoms with Crippen molar-refractivity contribution in [3.63, 3.8) is 0 Å². The van der Waals surface area contributed by atoms with E-state index >= 15 is 0 Å². The molecule has 6 heteroatoms. The number of carbonyl (C=O) groups is 1. The summed E-state index contributed by atoms with van der Waals surface area (Å²) < 4.78 is 1.96. The average molecular weight is 375 g/mol. The molecule has 0 bridgehead atoms. The van der Waals surface area contributed by atoms with Crippen LogP contribution >= 0.6 is 11.6 Å². The Hall–Kier alpha value is -2.01. The molecule has 0 radical (unpaired) electrons. The lowest BCUT2D eigenvalue weighted by atomic mass is 10.1. The maximum atomic E-state index is 12.7. The van der Waals surface area contributed by atoms with E-state index in [4.69, 9.17) is 11.6 Å². The summed E-state index contributed by atoms with van der Waals surface area (Å²) in [4.78, 5) is 17.0. The Labute approximate surface area is 160 Å². The number of hydrogen-bond donors (Lipinski definition) is 0. The molecule has 26 heavy (non-hydrogen) atoms. The summed E-state index contributed by atoms with van der Waals surface area (Å²) in [5.74, 6) is 0.201. The van der Waals surface area contributed by atoms with E-state index in [9.17, 15) is 4.79 Å². The maximum absolute atomic E-state index is 12.7. The van der Waals surface area contributed by atoms with E-state index < -0.39 is 0 Å². The number of nitrogens with zero attached hydrogens (tertiary/aromatic N) is 4. The Kier molecular flexibility index (Phi) is 5.56. The minimum absolute atomic E-state index is 0.0735. The van der Waals surface area contributed by atoms with Crippen molar-refractivity contribution in [3.8, 4) is 0 Å². The molecule has 1 fully saturated rings. The maximum Gasteiger partial charge on any atom is 0.224 e. The number of aryl methyl sites for hydroxylation is 3. The van der Waals surface area contributed by atoms with E-state index in [-0.39, 0.29) is 11.9 Å². The van der Waals surface area contributed by atoms with E-state index in [1.165, 1.54) is 11.3 Å². The molecule has 1 amide bonds. The summed E-state index contributed by atoms with van der Waals surface area (Å²) in [6.07, 6.45) is 0.484. The van der Waals surface area contributed by atoms with Gasteiger partial charge in [-0.1, -0.05) is 17.7 Å². The van der Waals surface area contributed by atoms with Crippen molar-refractivity contribution in [1.29, 1.82) is 0 Å². The van der Waals surface area contributed by atoms with Crippen LogP contribution < -0.4 is 4.90 Å². The van der Waals surface area contributed by atoms with Crippen LogP contribution in [0.25, 0.3) is 0 Å². The van der Waals surface area contributed by atoms with Crippen molar-refractivity contribution in [3.05, 3.63) is 46.2 Å². The molecule has 1 aliphatic rings. The predicted octanol–water partition coefficient (Wildman–Crippen LogP) is 3.76. The second kappa shape index (κ2) is 7.70. The van der Waals surface area contributed by atoms with Crippen LogP contribution in [0.5, 0.6) is 0 Å². The second-order valence-electron chi connectivity index (χ2n) is 7.22. The van der Waals surface area contributed by atoms with E-state index in [1.807, 2.05) is 47.7 Å². The Morgan fingerprint density at radius 2 is 1.85 bits per heavy atom. The van der Waals surface area contributed by atoms with E-state index in [0.29, 0.717) is 6.42 Å². The molecule has 3 rings (SSSR count). The highest BCUT2D eigenvalue weighted by Gasteiger charge is 2.24. The SMILES string of the molecule is Cc1cc(C)n(C(C)CC(=O)N2CCN(c3cc(Cl)ccc3C)CC2)n1. The lowest BCUT2D eigenvalue weighted by Gasteiger charge is -2.37. The molecule has 0 spiro atoms. The van der Waals surface area contributed by atoms with Gasteiger partial charge < -0.3 is 9.80 Å². The van der Waals surface area contributed by atoms with Gasteiger partial charge in [-0.2, -0.15) is 5.10 Å². The highest BCUT2D eigenvalue weighted by Crippen LogP contribution is 2.25. The predicted molar refractivity (Wildman–Crippen MR) is 106 cm³/mol. The highest BCUT2D eigenvalue weighted by atomic mass is 35.5. The van der Waals surface area contributed by atoms with E-state index in [1.54, 1.807) is 0 Å². The first-order valence-corrected chi connectivity index (χ1v) is 9.54. The van der Waals surface area contributed by atoms with Gasteiger partial charge in [-0.3, -0.25) is 9.48 Å². The van der Waals surface area contributed by atoms with Crippen molar-refractivity contribution in [2.75, 3.05) is 31.1 Å². The minimum Gasteiger partial charge on any atom is -0.368 e. The van der Waals surface area contributed by atoms with Gasteiger partial charge in [0.05, 0.1) is 11.7 Å². The summed E-state index contributed by atoms with van der Waals surface area (Å²) in [6.45, 7) is 11.3. The van der Waals surface area contributed by atoms with Crippen LogP contribution in [-0.4, -0.2) is 46.8 Å². The molecule has 1 aromatic heterocycles. The second-order valence-corrected chi connectivity index (χ2v) is 7.66. The Balaban J connectivity index is 1.58. The summed E-state index contributed by atoms with van der Waals surface area (Å²) in [5, 5.41) is 5.26. The molecule has 2 heterocycles. The van der Waals surface area contributed by atoms with Gasteiger partial charge in [-0.05, 0) is 51.5 Å². The zero-order chi connectivity index (χ0) is 18.8. The van der Waals surface area contributed by atoms with Crippen molar-refractivity contribution < 1.29 is 4.79 Å². The number of halogens is 1. The fourth-order valence-electron chi connectivity index (χ4n) is 3.68. The van der Waals surface area contributed by atoms with Crippen LogP contribution in [-0.2, 0) is 4.79 Å². The molecule has 5 nitrogen and oxygen atoms in total. The van der Waals surface area contributed by atoms with Gasteiger partial charge in [-0.25, -0.2) is 0 Å². The van der Waals surface area contributed by atoms with E-state index in [2.05, 4.69) is 23.8 Å². The molecule has 140 valence electrons. The van der Waals surface area contributed by atoms with Crippen LogP contribution in [0.4, 0.5) is 5.69 Å². The fourth-order valence-corrected chi connectivity index (χ4v) is 3.85. The topological polar surface area (TPSA) is 41.4 Å². The average Bonchev–Trinajstić information content (AvgIpc) is 2.95. The molecular weight excluding hydrogens is 348 g/mol. The van der Waals surface area contributed by atoms with Crippen LogP contribution in [0, 0.1) is 20.8 Å². The first kappa shape index (κ1) is 18.8. The first-order chi connectivity index (χ1) is 12.3. The summed E-state index contributed by atoms with van der Waals surface area (Å²) >= 11 is 6.15. The number of aromatic nitrogens is 2. The van der Waals surface area contributed by atoms with Gasteiger partial charge in [0.2, 0.25) is 5.91 Å². The zero-order valence-electron chi connectivity index (χ0n) is 16.0. The summed E-state index contributed by atoms with van der Waals surface area (Å²) in [7, 11) is 0. The van der Waals surface area contributed by atoms with Gasteiger partial charge in [0.15, 0.2) is 0 Å². The lowest BCUT2D eigenvalue weighted by Crippen LogP contribution is -2.49. The van der Waals surface area contributed by atoms with Crippen molar-refractivity contribution in [2.45, 2.75) is 40.2 Å². The van der Waals surface area contributed by atoms with Crippen LogP contribution in [0.15, 0.2) is 24.3 Å². The Bertz CT molecular complexity index is 793.